The molecule has 2 fully saturated rings. The Kier molecular flexibility index (Phi) is 6.52. The second-order valence-corrected chi connectivity index (χ2v) is 11.6. The van der Waals surface area contributed by atoms with Gasteiger partial charge < -0.3 is 9.80 Å². The second kappa shape index (κ2) is 9.60. The number of anilines is 3. The van der Waals surface area contributed by atoms with Crippen LogP contribution in [0.15, 0.2) is 58.9 Å². The van der Waals surface area contributed by atoms with Gasteiger partial charge >= 0.3 is 0 Å². The van der Waals surface area contributed by atoms with E-state index in [4.69, 9.17) is 0 Å². The summed E-state index contributed by atoms with van der Waals surface area (Å²) in [5.74, 6) is 0.0844. The maximum atomic E-state index is 13.3. The number of sulfonamides is 1. The van der Waals surface area contributed by atoms with Crippen LogP contribution >= 0.6 is 11.3 Å². The van der Waals surface area contributed by atoms with Gasteiger partial charge in [0.15, 0.2) is 5.13 Å². The number of benzene rings is 2. The van der Waals surface area contributed by atoms with Crippen molar-refractivity contribution in [2.24, 2.45) is 0 Å². The fourth-order valence-electron chi connectivity index (χ4n) is 4.73. The van der Waals surface area contributed by atoms with E-state index in [0.29, 0.717) is 11.7 Å². The Morgan fingerprint density at radius 2 is 1.66 bits per heavy atom. The Labute approximate surface area is 210 Å². The van der Waals surface area contributed by atoms with Gasteiger partial charge in [0, 0.05) is 55.7 Å². The van der Waals surface area contributed by atoms with E-state index < -0.39 is 10.0 Å². The second-order valence-electron chi connectivity index (χ2n) is 9.02. The first-order valence-electron chi connectivity index (χ1n) is 11.7. The van der Waals surface area contributed by atoms with Gasteiger partial charge in [-0.3, -0.25) is 14.4 Å². The molecule has 35 heavy (non-hydrogen) atoms. The molecule has 2 aliphatic rings. The number of nitrogens with one attached hydrogen (secondary N) is 1. The lowest BCUT2D eigenvalue weighted by Gasteiger charge is -2.38. The van der Waals surface area contributed by atoms with Crippen molar-refractivity contribution in [3.05, 3.63) is 65.2 Å². The average Bonchev–Trinajstić information content (AvgIpc) is 3.50. The van der Waals surface area contributed by atoms with Gasteiger partial charge in [-0.2, -0.15) is 0 Å². The maximum absolute atomic E-state index is 13.3. The van der Waals surface area contributed by atoms with Crippen LogP contribution in [0.1, 0.15) is 17.5 Å². The number of carbonyl (C=O) groups excluding carboxylic acids is 1. The highest BCUT2D eigenvalue weighted by atomic mass is 32.2. The van der Waals surface area contributed by atoms with Gasteiger partial charge in [-0.15, -0.1) is 11.3 Å². The highest BCUT2D eigenvalue weighted by Crippen LogP contribution is 2.28. The quantitative estimate of drug-likeness (QED) is 0.545. The van der Waals surface area contributed by atoms with Crippen molar-refractivity contribution in [2.45, 2.75) is 31.2 Å². The highest BCUT2D eigenvalue weighted by molar-refractivity contribution is 7.93. The molecule has 5 rings (SSSR count). The summed E-state index contributed by atoms with van der Waals surface area (Å²) in [6.07, 6.45) is 2.32. The average molecular weight is 512 g/mol. The monoisotopic (exact) mass is 511 g/mol. The van der Waals surface area contributed by atoms with Crippen LogP contribution in [0.25, 0.3) is 0 Å². The summed E-state index contributed by atoms with van der Waals surface area (Å²) in [6.45, 7) is 8.37. The topological polar surface area (TPSA) is 85.8 Å². The predicted octanol–water partition coefficient (Wildman–Crippen LogP) is 3.49. The Morgan fingerprint density at radius 3 is 2.31 bits per heavy atom. The first kappa shape index (κ1) is 23.8. The molecule has 1 N–H and O–H groups in total. The first-order valence-corrected chi connectivity index (χ1v) is 14.1. The number of thiazole rings is 1. The number of aromatic nitrogens is 1. The zero-order valence-corrected chi connectivity index (χ0v) is 21.5. The normalized spacial score (nSPS) is 19.4. The van der Waals surface area contributed by atoms with E-state index in [2.05, 4.69) is 51.6 Å². The van der Waals surface area contributed by atoms with Crippen LogP contribution in [0.2, 0.25) is 0 Å². The predicted molar refractivity (Wildman–Crippen MR) is 140 cm³/mol. The minimum absolute atomic E-state index is 0.0844. The largest absolute Gasteiger partial charge is 0.369 e. The van der Waals surface area contributed by atoms with Gasteiger partial charge in [-0.05, 0) is 67.8 Å². The van der Waals surface area contributed by atoms with Crippen molar-refractivity contribution in [3.63, 3.8) is 0 Å². The van der Waals surface area contributed by atoms with Crippen molar-refractivity contribution in [1.82, 2.24) is 9.88 Å². The molecule has 2 saturated heterocycles. The lowest BCUT2D eigenvalue weighted by Crippen LogP contribution is -2.52. The molecule has 1 atom stereocenters. The summed E-state index contributed by atoms with van der Waals surface area (Å²) < 4.78 is 27.6. The van der Waals surface area contributed by atoms with E-state index in [9.17, 15) is 13.2 Å². The van der Waals surface area contributed by atoms with E-state index in [1.807, 2.05) is 0 Å². The molecule has 0 spiro atoms. The Bertz CT molecular complexity index is 1300. The van der Waals surface area contributed by atoms with Crippen LogP contribution < -0.4 is 14.5 Å². The summed E-state index contributed by atoms with van der Waals surface area (Å²) in [5.41, 5.74) is 4.56. The van der Waals surface area contributed by atoms with Gasteiger partial charge in [0.1, 0.15) is 0 Å². The van der Waals surface area contributed by atoms with E-state index in [1.54, 1.807) is 28.6 Å². The van der Waals surface area contributed by atoms with Gasteiger partial charge in [-0.25, -0.2) is 13.4 Å². The zero-order valence-electron chi connectivity index (χ0n) is 19.8. The van der Waals surface area contributed by atoms with Crippen LogP contribution in [-0.2, 0) is 14.8 Å². The molecule has 0 saturated carbocycles. The molecule has 2 aliphatic heterocycles. The van der Waals surface area contributed by atoms with Crippen LogP contribution in [0.3, 0.4) is 0 Å². The summed E-state index contributed by atoms with van der Waals surface area (Å²) in [5, 5.41) is 2.03. The zero-order chi connectivity index (χ0) is 24.6. The molecule has 0 aliphatic carbocycles. The SMILES string of the molecule is Cc1ccc(N2CCN([C@H]3CCN(c4ccc(S(=O)(=O)Nc5nccs5)cc4)C3=O)CC2)cc1C. The molecule has 1 amide bonds. The summed E-state index contributed by atoms with van der Waals surface area (Å²) in [6, 6.07) is 12.9. The van der Waals surface area contributed by atoms with Crippen LogP contribution in [0, 0.1) is 13.8 Å². The number of aryl methyl sites for hydroxylation is 2. The molecule has 0 unspecified atom stereocenters. The van der Waals surface area contributed by atoms with Crippen molar-refractivity contribution in [2.75, 3.05) is 47.2 Å². The Morgan fingerprint density at radius 1 is 0.943 bits per heavy atom. The van der Waals surface area contributed by atoms with Gasteiger partial charge in [0.2, 0.25) is 5.91 Å². The molecule has 2 aromatic carbocycles. The number of hydrogen-bond acceptors (Lipinski definition) is 7. The maximum Gasteiger partial charge on any atom is 0.263 e. The Balaban J connectivity index is 1.21. The standard InChI is InChI=1S/C25H29N5O3S2/c1-18-3-4-21(17-19(18)2)28-12-14-29(15-13-28)23-9-11-30(24(23)31)20-5-7-22(8-6-20)35(32,33)27-25-26-10-16-34-25/h3-8,10,16-17,23H,9,11-15H2,1-2H3,(H,26,27)/t23-/m0/s1. The van der Waals surface area contributed by atoms with Crippen LogP contribution in [0.5, 0.6) is 0 Å². The first-order chi connectivity index (χ1) is 16.8. The fourth-order valence-corrected chi connectivity index (χ4v) is 6.52. The third kappa shape index (κ3) is 4.91. The van der Waals surface area contributed by atoms with Gasteiger partial charge in [-0.1, -0.05) is 6.07 Å². The number of hydrogen-bond donors (Lipinski definition) is 1. The van der Waals surface area contributed by atoms with Crippen LogP contribution in [0.4, 0.5) is 16.5 Å². The summed E-state index contributed by atoms with van der Waals surface area (Å²) in [4.78, 5) is 23.8. The van der Waals surface area contributed by atoms with Gasteiger partial charge in [0.25, 0.3) is 10.0 Å². The third-order valence-corrected chi connectivity index (χ3v) is 9.07. The molecule has 8 nitrogen and oxygen atoms in total. The van der Waals surface area contributed by atoms with E-state index in [-0.39, 0.29) is 16.8 Å². The molecule has 184 valence electrons. The van der Waals surface area contributed by atoms with Gasteiger partial charge in [0.05, 0.1) is 10.9 Å². The van der Waals surface area contributed by atoms with E-state index >= 15 is 0 Å². The lowest BCUT2D eigenvalue weighted by molar-refractivity contribution is -0.121. The Hall–Kier alpha value is -2.95. The summed E-state index contributed by atoms with van der Waals surface area (Å²) >= 11 is 1.22. The van der Waals surface area contributed by atoms with E-state index in [1.165, 1.54) is 40.3 Å². The molecular weight excluding hydrogens is 482 g/mol. The fraction of sp³-hybridized carbons (Fsp3) is 0.360. The van der Waals surface area contributed by atoms with Crippen molar-refractivity contribution >= 4 is 43.8 Å². The van der Waals surface area contributed by atoms with Crippen molar-refractivity contribution < 1.29 is 13.2 Å². The minimum atomic E-state index is -3.72. The molecule has 10 heteroatoms. The molecule has 3 heterocycles. The molecule has 0 radical (unpaired) electrons. The number of carbonyl (C=O) groups is 1. The molecule has 0 bridgehead atoms. The van der Waals surface area contributed by atoms with Crippen molar-refractivity contribution in [1.29, 1.82) is 0 Å². The lowest BCUT2D eigenvalue weighted by atomic mass is 10.1. The molecule has 1 aromatic heterocycles. The number of piperazine rings is 1. The van der Waals surface area contributed by atoms with E-state index in [0.717, 1.165) is 38.3 Å². The number of amides is 1. The van der Waals surface area contributed by atoms with Crippen LogP contribution in [-0.4, -0.2) is 63.0 Å². The molecular formula is C25H29N5O3S2. The number of nitrogens with zero attached hydrogens (tertiary/aromatic N) is 4. The summed E-state index contributed by atoms with van der Waals surface area (Å²) in [7, 11) is -3.72. The van der Waals surface area contributed by atoms with Crippen molar-refractivity contribution in [3.8, 4) is 0 Å². The number of rotatable bonds is 6. The highest BCUT2D eigenvalue weighted by Gasteiger charge is 2.38. The minimum Gasteiger partial charge on any atom is -0.369 e. The third-order valence-electron chi connectivity index (χ3n) is 6.90. The molecule has 3 aromatic rings. The smallest absolute Gasteiger partial charge is 0.263 e.